The molecule has 0 aromatic carbocycles. The van der Waals surface area contributed by atoms with Gasteiger partial charge in [-0.2, -0.15) is 0 Å². The molecule has 80 valence electrons. The van der Waals surface area contributed by atoms with E-state index in [-0.39, 0.29) is 11.9 Å². The van der Waals surface area contributed by atoms with Gasteiger partial charge in [-0.05, 0) is 25.7 Å². The van der Waals surface area contributed by atoms with Crippen molar-refractivity contribution in [2.45, 2.75) is 44.7 Å². The molecule has 14 heavy (non-hydrogen) atoms. The summed E-state index contributed by atoms with van der Waals surface area (Å²) in [6.07, 6.45) is 5.01. The normalized spacial score (nSPS) is 29.7. The zero-order valence-corrected chi connectivity index (χ0v) is 9.12. The molecule has 2 rings (SSSR count). The van der Waals surface area contributed by atoms with Crippen LogP contribution in [0.15, 0.2) is 0 Å². The fourth-order valence-corrected chi connectivity index (χ4v) is 2.24. The molecule has 2 atom stereocenters. The molecule has 1 heterocycles. The van der Waals surface area contributed by atoms with Gasteiger partial charge in [-0.15, -0.1) is 0 Å². The predicted molar refractivity (Wildman–Crippen MR) is 56.0 cm³/mol. The number of hydrogen-bond donors (Lipinski definition) is 1. The largest absolute Gasteiger partial charge is 0.344 e. The van der Waals surface area contributed by atoms with Crippen molar-refractivity contribution in [1.82, 2.24) is 10.2 Å². The molecule has 0 aromatic heterocycles. The lowest BCUT2D eigenvalue weighted by atomic mass is 10.1. The van der Waals surface area contributed by atoms with Crippen molar-refractivity contribution < 1.29 is 4.79 Å². The van der Waals surface area contributed by atoms with Crippen molar-refractivity contribution in [3.05, 3.63) is 0 Å². The molecule has 2 unspecified atom stereocenters. The van der Waals surface area contributed by atoms with E-state index >= 15 is 0 Å². The quantitative estimate of drug-likeness (QED) is 0.727. The van der Waals surface area contributed by atoms with Crippen LogP contribution in [0.2, 0.25) is 0 Å². The Bertz CT molecular complexity index is 225. The second-order valence-electron chi connectivity index (χ2n) is 4.85. The number of carbonyl (C=O) groups is 1. The molecule has 1 aliphatic heterocycles. The van der Waals surface area contributed by atoms with Crippen LogP contribution in [0.3, 0.4) is 0 Å². The number of amides is 1. The van der Waals surface area contributed by atoms with Gasteiger partial charge in [0, 0.05) is 19.6 Å². The molecule has 0 spiro atoms. The first kappa shape index (κ1) is 9.97. The first-order valence-corrected chi connectivity index (χ1v) is 5.68. The average molecular weight is 196 g/mol. The number of likely N-dealkylation sites (N-methyl/N-ethyl adjacent to an activating group) is 1. The summed E-state index contributed by atoms with van der Waals surface area (Å²) in [5.41, 5.74) is 0. The summed E-state index contributed by atoms with van der Waals surface area (Å²) in [6, 6.07) is 0.594. The van der Waals surface area contributed by atoms with Crippen LogP contribution >= 0.6 is 0 Å². The Labute approximate surface area is 85.8 Å². The number of nitrogens with one attached hydrogen (secondary N) is 1. The molecular weight excluding hydrogens is 176 g/mol. The maximum absolute atomic E-state index is 11.6. The molecule has 1 amide bonds. The SMILES string of the molecule is CC(CC1CC1)NC1CCN(C)C1=O. The van der Waals surface area contributed by atoms with Gasteiger partial charge in [-0.1, -0.05) is 12.8 Å². The lowest BCUT2D eigenvalue weighted by Crippen LogP contribution is -2.41. The molecule has 3 nitrogen and oxygen atoms in total. The van der Waals surface area contributed by atoms with E-state index in [2.05, 4.69) is 12.2 Å². The summed E-state index contributed by atoms with van der Waals surface area (Å²) in [4.78, 5) is 13.4. The van der Waals surface area contributed by atoms with E-state index in [0.29, 0.717) is 6.04 Å². The van der Waals surface area contributed by atoms with Crippen molar-refractivity contribution >= 4 is 5.91 Å². The molecule has 0 aromatic rings. The van der Waals surface area contributed by atoms with Gasteiger partial charge >= 0.3 is 0 Å². The molecule has 0 radical (unpaired) electrons. The smallest absolute Gasteiger partial charge is 0.239 e. The highest BCUT2D eigenvalue weighted by Gasteiger charge is 2.31. The maximum atomic E-state index is 11.6. The van der Waals surface area contributed by atoms with Gasteiger partial charge in [-0.25, -0.2) is 0 Å². The van der Waals surface area contributed by atoms with Crippen molar-refractivity contribution in [2.24, 2.45) is 5.92 Å². The molecule has 1 saturated carbocycles. The number of rotatable bonds is 4. The van der Waals surface area contributed by atoms with E-state index in [9.17, 15) is 4.79 Å². The third-order valence-electron chi connectivity index (χ3n) is 3.30. The Morgan fingerprint density at radius 1 is 1.50 bits per heavy atom. The molecule has 1 N–H and O–H groups in total. The Hall–Kier alpha value is -0.570. The minimum Gasteiger partial charge on any atom is -0.344 e. The van der Waals surface area contributed by atoms with E-state index in [1.54, 1.807) is 0 Å². The Balaban J connectivity index is 1.75. The van der Waals surface area contributed by atoms with Gasteiger partial charge in [0.15, 0.2) is 0 Å². The minimum atomic E-state index is 0.0914. The summed E-state index contributed by atoms with van der Waals surface area (Å²) in [6.45, 7) is 3.11. The summed E-state index contributed by atoms with van der Waals surface area (Å²) < 4.78 is 0. The van der Waals surface area contributed by atoms with Crippen molar-refractivity contribution in [3.63, 3.8) is 0 Å². The molecule has 0 bridgehead atoms. The van der Waals surface area contributed by atoms with Crippen LogP contribution in [0.1, 0.15) is 32.6 Å². The Morgan fingerprint density at radius 2 is 2.21 bits per heavy atom. The Kier molecular flexibility index (Phi) is 2.77. The van der Waals surface area contributed by atoms with Crippen LogP contribution < -0.4 is 5.32 Å². The molecule has 2 aliphatic rings. The monoisotopic (exact) mass is 196 g/mol. The van der Waals surface area contributed by atoms with Crippen LogP contribution in [0, 0.1) is 5.92 Å². The maximum Gasteiger partial charge on any atom is 0.239 e. The third kappa shape index (κ3) is 2.27. The van der Waals surface area contributed by atoms with Gasteiger partial charge < -0.3 is 10.2 Å². The lowest BCUT2D eigenvalue weighted by Gasteiger charge is -2.18. The first-order valence-electron chi connectivity index (χ1n) is 5.68. The highest BCUT2D eigenvalue weighted by Crippen LogP contribution is 2.33. The average Bonchev–Trinajstić information content (AvgIpc) is 2.89. The first-order chi connectivity index (χ1) is 6.66. The van der Waals surface area contributed by atoms with Crippen LogP contribution in [0.5, 0.6) is 0 Å². The van der Waals surface area contributed by atoms with Gasteiger partial charge in [0.1, 0.15) is 0 Å². The van der Waals surface area contributed by atoms with Crippen molar-refractivity contribution in [1.29, 1.82) is 0 Å². The van der Waals surface area contributed by atoms with Crippen LogP contribution in [-0.2, 0) is 4.79 Å². The summed E-state index contributed by atoms with van der Waals surface area (Å²) >= 11 is 0. The highest BCUT2D eigenvalue weighted by molar-refractivity contribution is 5.83. The van der Waals surface area contributed by atoms with Gasteiger partial charge in [0.2, 0.25) is 5.91 Å². The number of nitrogens with zero attached hydrogens (tertiary/aromatic N) is 1. The van der Waals surface area contributed by atoms with Crippen molar-refractivity contribution in [3.8, 4) is 0 Å². The molecule has 3 heteroatoms. The van der Waals surface area contributed by atoms with E-state index in [1.807, 2.05) is 11.9 Å². The zero-order chi connectivity index (χ0) is 10.1. The van der Waals surface area contributed by atoms with Gasteiger partial charge in [0.05, 0.1) is 6.04 Å². The minimum absolute atomic E-state index is 0.0914. The summed E-state index contributed by atoms with van der Waals surface area (Å²) in [5, 5.41) is 3.44. The van der Waals surface area contributed by atoms with E-state index in [1.165, 1.54) is 19.3 Å². The zero-order valence-electron chi connectivity index (χ0n) is 9.12. The van der Waals surface area contributed by atoms with E-state index in [0.717, 1.165) is 18.9 Å². The summed E-state index contributed by atoms with van der Waals surface area (Å²) in [7, 11) is 1.88. The topological polar surface area (TPSA) is 32.3 Å². The second-order valence-corrected chi connectivity index (χ2v) is 4.85. The molecule has 1 saturated heterocycles. The fraction of sp³-hybridized carbons (Fsp3) is 0.909. The molecule has 1 aliphatic carbocycles. The third-order valence-corrected chi connectivity index (χ3v) is 3.30. The molecule has 2 fully saturated rings. The lowest BCUT2D eigenvalue weighted by molar-refractivity contribution is -0.128. The van der Waals surface area contributed by atoms with Crippen LogP contribution in [-0.4, -0.2) is 36.5 Å². The van der Waals surface area contributed by atoms with E-state index < -0.39 is 0 Å². The van der Waals surface area contributed by atoms with Gasteiger partial charge in [0.25, 0.3) is 0 Å². The van der Waals surface area contributed by atoms with Crippen LogP contribution in [0.25, 0.3) is 0 Å². The number of hydrogen-bond acceptors (Lipinski definition) is 2. The highest BCUT2D eigenvalue weighted by atomic mass is 16.2. The van der Waals surface area contributed by atoms with E-state index in [4.69, 9.17) is 0 Å². The summed E-state index contributed by atoms with van der Waals surface area (Å²) in [5.74, 6) is 1.21. The molecular formula is C11H20N2O. The fourth-order valence-electron chi connectivity index (χ4n) is 2.24. The standard InChI is InChI=1S/C11H20N2O/c1-8(7-9-3-4-9)12-10-5-6-13(2)11(10)14/h8-10,12H,3-7H2,1-2H3. The van der Waals surface area contributed by atoms with Crippen molar-refractivity contribution in [2.75, 3.05) is 13.6 Å². The second kappa shape index (κ2) is 3.89. The van der Waals surface area contributed by atoms with Crippen LogP contribution in [0.4, 0.5) is 0 Å². The predicted octanol–water partition coefficient (Wildman–Crippen LogP) is 0.995. The Morgan fingerprint density at radius 3 is 2.71 bits per heavy atom. The number of carbonyl (C=O) groups excluding carboxylic acids is 1. The number of likely N-dealkylation sites (tertiary alicyclic amines) is 1. The van der Waals surface area contributed by atoms with Gasteiger partial charge in [-0.3, -0.25) is 4.79 Å².